The molecule has 0 aliphatic heterocycles. The molecule has 0 saturated carbocycles. The van der Waals surface area contributed by atoms with Gasteiger partial charge in [-0.25, -0.2) is 0 Å². The molecule has 0 spiro atoms. The van der Waals surface area contributed by atoms with Gasteiger partial charge in [0.1, 0.15) is 18.0 Å². The van der Waals surface area contributed by atoms with Gasteiger partial charge in [0.15, 0.2) is 0 Å². The van der Waals surface area contributed by atoms with Gasteiger partial charge < -0.3 is 20.6 Å². The van der Waals surface area contributed by atoms with E-state index in [0.717, 1.165) is 0 Å². The number of hydrogen-bond donors (Lipinski definition) is 4. The average Bonchev–Trinajstić information content (AvgIpc) is 2.24. The lowest BCUT2D eigenvalue weighted by Gasteiger charge is -2.22. The summed E-state index contributed by atoms with van der Waals surface area (Å²) >= 11 is 0. The molecule has 2 atom stereocenters. The minimum atomic E-state index is -1.10. The summed E-state index contributed by atoms with van der Waals surface area (Å²) in [6, 6.07) is 3.05. The molecule has 1 rings (SSSR count). The molecule has 2 unspecified atom stereocenters. The molecule has 0 radical (unpaired) electrons. The Kier molecular flexibility index (Phi) is 4.69. The first-order valence-electron chi connectivity index (χ1n) is 5.73. The molecule has 5 nitrogen and oxygen atoms in total. The van der Waals surface area contributed by atoms with Crippen molar-refractivity contribution in [3.05, 3.63) is 28.8 Å². The number of rotatable bonds is 4. The Morgan fingerprint density at radius 1 is 1.28 bits per heavy atom. The molecule has 1 amide bonds. The molecular weight excluding hydrogens is 234 g/mol. The van der Waals surface area contributed by atoms with Crippen LogP contribution in [0.1, 0.15) is 29.7 Å². The van der Waals surface area contributed by atoms with Gasteiger partial charge in [-0.2, -0.15) is 0 Å². The van der Waals surface area contributed by atoms with E-state index in [1.165, 1.54) is 19.1 Å². The number of carbonyl (C=O) groups excluding carboxylic acids is 1. The van der Waals surface area contributed by atoms with Crippen molar-refractivity contribution in [2.75, 3.05) is 6.54 Å². The van der Waals surface area contributed by atoms with E-state index < -0.39 is 12.2 Å². The minimum Gasteiger partial charge on any atom is -0.508 e. The van der Waals surface area contributed by atoms with Crippen LogP contribution >= 0.6 is 0 Å². The minimum absolute atomic E-state index is 0.0176. The number of aliphatic hydroxyl groups excluding tert-OH is 2. The molecule has 0 aliphatic rings. The average molecular weight is 253 g/mol. The van der Waals surface area contributed by atoms with E-state index >= 15 is 0 Å². The highest BCUT2D eigenvalue weighted by Gasteiger charge is 2.22. The molecule has 0 bridgehead atoms. The normalized spacial score (nSPS) is 14.1. The zero-order valence-electron chi connectivity index (χ0n) is 10.8. The van der Waals surface area contributed by atoms with Crippen LogP contribution in [0.5, 0.6) is 5.75 Å². The highest BCUT2D eigenvalue weighted by molar-refractivity contribution is 5.72. The lowest BCUT2D eigenvalue weighted by Crippen LogP contribution is -2.34. The van der Waals surface area contributed by atoms with Crippen LogP contribution in [0.4, 0.5) is 0 Å². The van der Waals surface area contributed by atoms with Crippen LogP contribution in [0.15, 0.2) is 12.1 Å². The van der Waals surface area contributed by atoms with Crippen molar-refractivity contribution in [3.63, 3.8) is 0 Å². The Morgan fingerprint density at radius 2 is 1.78 bits per heavy atom. The number of aliphatic hydroxyl groups is 2. The molecule has 1 aromatic rings. The van der Waals surface area contributed by atoms with Gasteiger partial charge in [0, 0.05) is 13.5 Å². The number of aryl methyl sites for hydroxylation is 2. The maximum absolute atomic E-state index is 10.7. The number of carbonyl (C=O) groups is 1. The number of aromatic hydroxyl groups is 1. The van der Waals surface area contributed by atoms with Crippen molar-refractivity contribution in [3.8, 4) is 5.75 Å². The lowest BCUT2D eigenvalue weighted by atomic mass is 9.94. The molecule has 1 aromatic carbocycles. The van der Waals surface area contributed by atoms with Gasteiger partial charge in [-0.1, -0.05) is 0 Å². The molecule has 0 fully saturated rings. The van der Waals surface area contributed by atoms with Crippen LogP contribution in [0.2, 0.25) is 0 Å². The predicted octanol–water partition coefficient (Wildman–Crippen LogP) is 0.539. The summed E-state index contributed by atoms with van der Waals surface area (Å²) in [6.45, 7) is 4.82. The topological polar surface area (TPSA) is 89.8 Å². The number of hydrogen-bond acceptors (Lipinski definition) is 4. The predicted molar refractivity (Wildman–Crippen MR) is 67.2 cm³/mol. The SMILES string of the molecule is CC(=O)NCC(O)C(O)c1c(C)cc(O)cc1C. The fraction of sp³-hybridized carbons (Fsp3) is 0.462. The van der Waals surface area contributed by atoms with E-state index in [9.17, 15) is 20.1 Å². The first kappa shape index (κ1) is 14.5. The largest absolute Gasteiger partial charge is 0.508 e. The number of amides is 1. The quantitative estimate of drug-likeness (QED) is 0.630. The number of phenols is 1. The fourth-order valence-electron chi connectivity index (χ4n) is 1.97. The first-order valence-corrected chi connectivity index (χ1v) is 5.73. The summed E-state index contributed by atoms with van der Waals surface area (Å²) in [4.78, 5) is 10.7. The Hall–Kier alpha value is -1.59. The van der Waals surface area contributed by atoms with Crippen molar-refractivity contribution in [2.45, 2.75) is 33.0 Å². The molecule has 18 heavy (non-hydrogen) atoms. The Morgan fingerprint density at radius 3 is 2.22 bits per heavy atom. The number of nitrogens with one attached hydrogen (secondary N) is 1. The summed E-state index contributed by atoms with van der Waals surface area (Å²) in [5.74, 6) is -0.141. The van der Waals surface area contributed by atoms with Gasteiger partial charge in [0.05, 0.1) is 0 Å². The highest BCUT2D eigenvalue weighted by Crippen LogP contribution is 2.28. The third-order valence-corrected chi connectivity index (χ3v) is 2.80. The smallest absolute Gasteiger partial charge is 0.216 e. The number of phenolic OH excluding ortho intramolecular Hbond substituents is 1. The van der Waals surface area contributed by atoms with Crippen molar-refractivity contribution >= 4 is 5.91 Å². The third-order valence-electron chi connectivity index (χ3n) is 2.80. The van der Waals surface area contributed by atoms with Crippen LogP contribution in [-0.4, -0.2) is 33.9 Å². The highest BCUT2D eigenvalue weighted by atomic mass is 16.3. The molecule has 5 heteroatoms. The molecule has 4 N–H and O–H groups in total. The van der Waals surface area contributed by atoms with Crippen LogP contribution < -0.4 is 5.32 Å². The maximum Gasteiger partial charge on any atom is 0.216 e. The second-order valence-corrected chi connectivity index (χ2v) is 4.44. The van der Waals surface area contributed by atoms with Gasteiger partial charge in [-0.05, 0) is 42.7 Å². The molecule has 100 valence electrons. The first-order chi connectivity index (χ1) is 8.32. The summed E-state index contributed by atoms with van der Waals surface area (Å²) in [7, 11) is 0. The van der Waals surface area contributed by atoms with E-state index in [0.29, 0.717) is 16.7 Å². The third kappa shape index (κ3) is 3.45. The van der Waals surface area contributed by atoms with E-state index in [4.69, 9.17) is 0 Å². The van der Waals surface area contributed by atoms with Crippen molar-refractivity contribution in [1.29, 1.82) is 0 Å². The second kappa shape index (κ2) is 5.84. The molecule has 0 heterocycles. The molecular formula is C13H19NO4. The monoisotopic (exact) mass is 253 g/mol. The van der Waals surface area contributed by atoms with E-state index in [-0.39, 0.29) is 18.2 Å². The lowest BCUT2D eigenvalue weighted by molar-refractivity contribution is -0.119. The summed E-state index contributed by atoms with van der Waals surface area (Å²) in [6.07, 6.45) is -2.19. The fourth-order valence-corrected chi connectivity index (χ4v) is 1.97. The zero-order chi connectivity index (χ0) is 13.9. The van der Waals surface area contributed by atoms with Crippen molar-refractivity contribution < 1.29 is 20.1 Å². The van der Waals surface area contributed by atoms with Crippen molar-refractivity contribution in [1.82, 2.24) is 5.32 Å². The van der Waals surface area contributed by atoms with Crippen LogP contribution in [0.3, 0.4) is 0 Å². The summed E-state index contributed by atoms with van der Waals surface area (Å²) < 4.78 is 0. The van der Waals surface area contributed by atoms with E-state index in [1.807, 2.05) is 0 Å². The van der Waals surface area contributed by atoms with E-state index in [1.54, 1.807) is 13.8 Å². The second-order valence-electron chi connectivity index (χ2n) is 4.44. The van der Waals surface area contributed by atoms with E-state index in [2.05, 4.69) is 5.32 Å². The standard InChI is InChI=1S/C13H19NO4/c1-7-4-10(16)5-8(2)12(7)13(18)11(17)6-14-9(3)15/h4-5,11,13,16-18H,6H2,1-3H3,(H,14,15). The Balaban J connectivity index is 2.89. The van der Waals surface area contributed by atoms with Crippen LogP contribution in [0, 0.1) is 13.8 Å². The maximum atomic E-state index is 10.7. The molecule has 0 aliphatic carbocycles. The van der Waals surface area contributed by atoms with Gasteiger partial charge in [0.25, 0.3) is 0 Å². The Labute approximate surface area is 106 Å². The summed E-state index contributed by atoms with van der Waals surface area (Å²) in [5, 5.41) is 31.7. The Bertz CT molecular complexity index is 422. The molecule has 0 saturated heterocycles. The van der Waals surface area contributed by atoms with Gasteiger partial charge in [0.2, 0.25) is 5.91 Å². The van der Waals surface area contributed by atoms with Crippen LogP contribution in [0.25, 0.3) is 0 Å². The van der Waals surface area contributed by atoms with Crippen molar-refractivity contribution in [2.24, 2.45) is 0 Å². The van der Waals surface area contributed by atoms with Gasteiger partial charge in [-0.15, -0.1) is 0 Å². The van der Waals surface area contributed by atoms with Gasteiger partial charge in [-0.3, -0.25) is 4.79 Å². The number of benzene rings is 1. The van der Waals surface area contributed by atoms with Gasteiger partial charge >= 0.3 is 0 Å². The summed E-state index contributed by atoms with van der Waals surface area (Å²) in [5.41, 5.74) is 1.97. The van der Waals surface area contributed by atoms with Crippen LogP contribution in [-0.2, 0) is 4.79 Å². The molecule has 0 aromatic heterocycles. The zero-order valence-corrected chi connectivity index (χ0v) is 10.8.